The van der Waals surface area contributed by atoms with Crippen LogP contribution >= 0.6 is 24.0 Å². The van der Waals surface area contributed by atoms with E-state index in [9.17, 15) is 4.79 Å². The van der Waals surface area contributed by atoms with Crippen LogP contribution in [0.1, 0.15) is 5.69 Å². The van der Waals surface area contributed by atoms with E-state index in [0.717, 1.165) is 5.69 Å². The van der Waals surface area contributed by atoms with Gasteiger partial charge in [-0.1, -0.05) is 0 Å². The standard InChI is InChI=1S/C7H9ClN2O2.ClH/c1-10-4-9-3-5(10)2-6(8)7(11)12;/h3-4,6H,2H2,1H3,(H,11,12);1H/t6-;/m0./s1. The van der Waals surface area contributed by atoms with Gasteiger partial charge in [0.25, 0.3) is 0 Å². The third-order valence-corrected chi connectivity index (χ3v) is 1.91. The summed E-state index contributed by atoms with van der Waals surface area (Å²) >= 11 is 5.54. The van der Waals surface area contributed by atoms with Crippen LogP contribution in [0.3, 0.4) is 0 Å². The van der Waals surface area contributed by atoms with Crippen molar-refractivity contribution >= 4 is 30.0 Å². The van der Waals surface area contributed by atoms with E-state index >= 15 is 0 Å². The fourth-order valence-electron chi connectivity index (χ4n) is 0.852. The molecule has 1 aromatic rings. The van der Waals surface area contributed by atoms with E-state index in [2.05, 4.69) is 4.98 Å². The van der Waals surface area contributed by atoms with Crippen LogP contribution in [0, 0.1) is 0 Å². The van der Waals surface area contributed by atoms with Crippen molar-refractivity contribution in [2.45, 2.75) is 11.8 Å². The van der Waals surface area contributed by atoms with Crippen molar-refractivity contribution in [1.82, 2.24) is 9.55 Å². The lowest BCUT2D eigenvalue weighted by atomic mass is 10.2. The van der Waals surface area contributed by atoms with Crippen molar-refractivity contribution < 1.29 is 9.90 Å². The summed E-state index contributed by atoms with van der Waals surface area (Å²) in [7, 11) is 1.80. The molecule has 74 valence electrons. The van der Waals surface area contributed by atoms with Crippen LogP contribution < -0.4 is 0 Å². The maximum Gasteiger partial charge on any atom is 0.322 e. The van der Waals surface area contributed by atoms with Gasteiger partial charge in [-0.05, 0) is 0 Å². The second kappa shape index (κ2) is 5.09. The Labute approximate surface area is 86.9 Å². The van der Waals surface area contributed by atoms with Crippen molar-refractivity contribution in [3.8, 4) is 0 Å². The molecule has 6 heteroatoms. The first-order valence-electron chi connectivity index (χ1n) is 3.43. The molecule has 1 aromatic heterocycles. The Bertz CT molecular complexity index is 288. The van der Waals surface area contributed by atoms with Crippen molar-refractivity contribution in [2.75, 3.05) is 0 Å². The lowest BCUT2D eigenvalue weighted by Gasteiger charge is -2.03. The molecular formula is C7H10Cl2N2O2. The molecule has 1 rings (SSSR count). The molecule has 0 radical (unpaired) electrons. The number of carboxylic acids is 1. The normalized spacial score (nSPS) is 11.8. The number of aliphatic carboxylic acids is 1. The molecule has 0 saturated heterocycles. The lowest BCUT2D eigenvalue weighted by molar-refractivity contribution is -0.136. The summed E-state index contributed by atoms with van der Waals surface area (Å²) in [6.07, 6.45) is 3.52. The fourth-order valence-corrected chi connectivity index (χ4v) is 1.01. The van der Waals surface area contributed by atoms with E-state index in [-0.39, 0.29) is 12.4 Å². The SMILES string of the molecule is Cl.Cn1cncc1C[C@H](Cl)C(=O)O. The molecule has 0 bridgehead atoms. The average molecular weight is 225 g/mol. The van der Waals surface area contributed by atoms with Crippen molar-refractivity contribution in [3.05, 3.63) is 18.2 Å². The van der Waals surface area contributed by atoms with Crippen LogP contribution in [-0.4, -0.2) is 26.0 Å². The highest BCUT2D eigenvalue weighted by atomic mass is 35.5. The minimum atomic E-state index is -1.00. The van der Waals surface area contributed by atoms with E-state index in [1.165, 1.54) is 0 Å². The Morgan fingerprint density at radius 1 is 1.85 bits per heavy atom. The van der Waals surface area contributed by atoms with Crippen LogP contribution in [0.25, 0.3) is 0 Å². The topological polar surface area (TPSA) is 55.1 Å². The zero-order chi connectivity index (χ0) is 9.14. The van der Waals surface area contributed by atoms with Gasteiger partial charge >= 0.3 is 5.97 Å². The van der Waals surface area contributed by atoms with Gasteiger partial charge in [-0.25, -0.2) is 4.98 Å². The molecule has 1 heterocycles. The maximum absolute atomic E-state index is 10.4. The smallest absolute Gasteiger partial charge is 0.322 e. The van der Waals surface area contributed by atoms with Crippen LogP contribution in [0.15, 0.2) is 12.5 Å². The van der Waals surface area contributed by atoms with Crippen LogP contribution in [0.4, 0.5) is 0 Å². The van der Waals surface area contributed by atoms with Gasteiger partial charge in [-0.3, -0.25) is 4.79 Å². The Morgan fingerprint density at radius 2 is 2.46 bits per heavy atom. The molecule has 0 aromatic carbocycles. The van der Waals surface area contributed by atoms with Crippen LogP contribution in [-0.2, 0) is 18.3 Å². The van der Waals surface area contributed by atoms with Crippen LogP contribution in [0.2, 0.25) is 0 Å². The van der Waals surface area contributed by atoms with Crippen molar-refractivity contribution in [3.63, 3.8) is 0 Å². The van der Waals surface area contributed by atoms with E-state index in [4.69, 9.17) is 16.7 Å². The number of alkyl halides is 1. The summed E-state index contributed by atoms with van der Waals surface area (Å²) in [6.45, 7) is 0. The number of hydrogen-bond donors (Lipinski definition) is 1. The molecule has 0 amide bonds. The first-order chi connectivity index (χ1) is 5.61. The molecular weight excluding hydrogens is 215 g/mol. The Morgan fingerprint density at radius 3 is 2.85 bits per heavy atom. The Balaban J connectivity index is 0.00000144. The third kappa shape index (κ3) is 3.24. The van der Waals surface area contributed by atoms with Crippen molar-refractivity contribution in [2.24, 2.45) is 7.05 Å². The summed E-state index contributed by atoms with van der Waals surface area (Å²) < 4.78 is 1.75. The molecule has 0 saturated carbocycles. The quantitative estimate of drug-likeness (QED) is 0.783. The van der Waals surface area contributed by atoms with E-state index in [1.807, 2.05) is 0 Å². The molecule has 0 unspecified atom stereocenters. The minimum Gasteiger partial charge on any atom is -0.480 e. The Kier molecular flexibility index (Phi) is 4.80. The highest BCUT2D eigenvalue weighted by Crippen LogP contribution is 2.06. The number of carboxylic acid groups (broad SMARTS) is 1. The summed E-state index contributed by atoms with van der Waals surface area (Å²) in [6, 6.07) is 0. The van der Waals surface area contributed by atoms with Crippen molar-refractivity contribution in [1.29, 1.82) is 0 Å². The first-order valence-corrected chi connectivity index (χ1v) is 3.87. The number of rotatable bonds is 3. The molecule has 1 atom stereocenters. The largest absolute Gasteiger partial charge is 0.480 e. The van der Waals surface area contributed by atoms with E-state index < -0.39 is 11.3 Å². The summed E-state index contributed by atoms with van der Waals surface area (Å²) in [5.74, 6) is -1.00. The molecule has 0 aliphatic carbocycles. The van der Waals surface area contributed by atoms with Gasteiger partial charge in [0.1, 0.15) is 5.38 Å². The predicted octanol–water partition coefficient (Wildman–Crippen LogP) is 1.08. The van der Waals surface area contributed by atoms with Gasteiger partial charge in [0.05, 0.1) is 6.33 Å². The number of halogens is 2. The molecule has 1 N–H and O–H groups in total. The zero-order valence-corrected chi connectivity index (χ0v) is 8.55. The van der Waals surface area contributed by atoms with Gasteiger partial charge < -0.3 is 9.67 Å². The van der Waals surface area contributed by atoms with E-state index in [0.29, 0.717) is 6.42 Å². The monoisotopic (exact) mass is 224 g/mol. The Hall–Kier alpha value is -0.740. The molecule has 13 heavy (non-hydrogen) atoms. The maximum atomic E-state index is 10.4. The third-order valence-electron chi connectivity index (χ3n) is 1.57. The predicted molar refractivity (Wildman–Crippen MR) is 51.4 cm³/mol. The van der Waals surface area contributed by atoms with Gasteiger partial charge in [-0.15, -0.1) is 24.0 Å². The summed E-state index contributed by atoms with van der Waals surface area (Å²) in [5.41, 5.74) is 0.817. The van der Waals surface area contributed by atoms with Gasteiger partial charge in [-0.2, -0.15) is 0 Å². The van der Waals surface area contributed by atoms with Gasteiger partial charge in [0, 0.05) is 25.4 Å². The number of hydrogen-bond acceptors (Lipinski definition) is 2. The molecule has 0 fully saturated rings. The molecule has 0 spiro atoms. The summed E-state index contributed by atoms with van der Waals surface area (Å²) in [4.78, 5) is 14.2. The highest BCUT2D eigenvalue weighted by molar-refractivity contribution is 6.29. The highest BCUT2D eigenvalue weighted by Gasteiger charge is 2.15. The second-order valence-corrected chi connectivity index (χ2v) is 3.03. The van der Waals surface area contributed by atoms with Gasteiger partial charge in [0.15, 0.2) is 0 Å². The lowest BCUT2D eigenvalue weighted by Crippen LogP contribution is -2.17. The van der Waals surface area contributed by atoms with Gasteiger partial charge in [0.2, 0.25) is 0 Å². The number of carbonyl (C=O) groups is 1. The second-order valence-electron chi connectivity index (χ2n) is 2.51. The van der Waals surface area contributed by atoms with Crippen LogP contribution in [0.5, 0.6) is 0 Å². The first kappa shape index (κ1) is 12.3. The summed E-state index contributed by atoms with van der Waals surface area (Å²) in [5, 5.41) is 7.64. The fraction of sp³-hybridized carbons (Fsp3) is 0.429. The number of aromatic nitrogens is 2. The number of nitrogens with zero attached hydrogens (tertiary/aromatic N) is 2. The zero-order valence-electron chi connectivity index (χ0n) is 6.98. The minimum absolute atomic E-state index is 0. The van der Waals surface area contributed by atoms with E-state index in [1.54, 1.807) is 24.1 Å². The number of imidazole rings is 1. The molecule has 4 nitrogen and oxygen atoms in total. The molecule has 0 aliphatic rings. The molecule has 0 aliphatic heterocycles. The average Bonchev–Trinajstić information content (AvgIpc) is 2.36. The number of aryl methyl sites for hydroxylation is 1.